The minimum Gasteiger partial charge on any atom is -0.308 e. The van der Waals surface area contributed by atoms with Crippen molar-refractivity contribution in [3.05, 3.63) is 53.6 Å². The van der Waals surface area contributed by atoms with Gasteiger partial charge in [-0.05, 0) is 30.3 Å². The highest BCUT2D eigenvalue weighted by Gasteiger charge is 2.11. The molecule has 2 amide bonds. The molecule has 0 unspecified atom stereocenters. The summed E-state index contributed by atoms with van der Waals surface area (Å²) in [4.78, 5) is 11.5. The second-order valence-electron chi connectivity index (χ2n) is 4.06. The molecule has 0 heterocycles. The van der Waals surface area contributed by atoms with Gasteiger partial charge in [-0.15, -0.1) is 0 Å². The number of anilines is 2. The summed E-state index contributed by atoms with van der Waals surface area (Å²) >= 11 is 5.90. The highest BCUT2D eigenvalue weighted by molar-refractivity contribution is 7.85. The van der Waals surface area contributed by atoms with Gasteiger partial charge in [-0.2, -0.15) is 8.42 Å². The molecule has 2 aromatic carbocycles. The molecule has 110 valence electrons. The summed E-state index contributed by atoms with van der Waals surface area (Å²) in [5, 5.41) is 5.34. The predicted molar refractivity (Wildman–Crippen MR) is 80.4 cm³/mol. The molecule has 0 atom stereocenters. The normalized spacial score (nSPS) is 11.0. The van der Waals surface area contributed by atoms with E-state index in [9.17, 15) is 13.2 Å². The van der Waals surface area contributed by atoms with Crippen LogP contribution in [0.5, 0.6) is 0 Å². The molecule has 0 saturated heterocycles. The van der Waals surface area contributed by atoms with Crippen molar-refractivity contribution in [1.82, 2.24) is 0 Å². The quantitative estimate of drug-likeness (QED) is 0.754. The van der Waals surface area contributed by atoms with Crippen LogP contribution >= 0.6 is 11.6 Å². The Bertz CT molecular complexity index is 777. The molecule has 6 nitrogen and oxygen atoms in total. The predicted octanol–water partition coefficient (Wildman–Crippen LogP) is 3.23. The summed E-state index contributed by atoms with van der Waals surface area (Å²) < 4.78 is 31.0. The van der Waals surface area contributed by atoms with Gasteiger partial charge >= 0.3 is 6.03 Å². The third kappa shape index (κ3) is 4.19. The van der Waals surface area contributed by atoms with Crippen LogP contribution < -0.4 is 10.6 Å². The molecule has 0 radical (unpaired) electrons. The maximum atomic E-state index is 11.8. The molecule has 3 N–H and O–H groups in total. The van der Waals surface area contributed by atoms with Gasteiger partial charge in [0.25, 0.3) is 10.1 Å². The Hall–Kier alpha value is -2.09. The average molecular weight is 327 g/mol. The summed E-state index contributed by atoms with van der Waals surface area (Å²) in [5.74, 6) is 0. The molecule has 0 spiro atoms. The zero-order valence-electron chi connectivity index (χ0n) is 10.6. The first-order valence-electron chi connectivity index (χ1n) is 5.76. The van der Waals surface area contributed by atoms with Crippen molar-refractivity contribution in [2.24, 2.45) is 0 Å². The monoisotopic (exact) mass is 326 g/mol. The van der Waals surface area contributed by atoms with Crippen molar-refractivity contribution in [2.75, 3.05) is 10.6 Å². The van der Waals surface area contributed by atoms with Gasteiger partial charge in [0.1, 0.15) is 0 Å². The van der Waals surface area contributed by atoms with E-state index in [0.29, 0.717) is 10.7 Å². The summed E-state index contributed by atoms with van der Waals surface area (Å²) in [6, 6.07) is 11.3. The lowest BCUT2D eigenvalue weighted by Crippen LogP contribution is -2.19. The van der Waals surface area contributed by atoms with E-state index >= 15 is 0 Å². The Morgan fingerprint density at radius 1 is 1.05 bits per heavy atom. The molecule has 2 rings (SSSR count). The van der Waals surface area contributed by atoms with Gasteiger partial charge in [-0.1, -0.05) is 29.8 Å². The largest absolute Gasteiger partial charge is 0.323 e. The van der Waals surface area contributed by atoms with E-state index in [4.69, 9.17) is 16.2 Å². The van der Waals surface area contributed by atoms with E-state index in [2.05, 4.69) is 10.6 Å². The fraction of sp³-hybridized carbons (Fsp3) is 0. The number of hydrogen-bond donors (Lipinski definition) is 3. The fourth-order valence-electron chi connectivity index (χ4n) is 1.58. The maximum Gasteiger partial charge on any atom is 0.323 e. The number of rotatable bonds is 3. The van der Waals surface area contributed by atoms with Gasteiger partial charge in [-0.3, -0.25) is 4.55 Å². The standard InChI is InChI=1S/C13H11ClN2O4S/c14-11-6-1-2-7-12(11)16-13(17)15-9-4-3-5-10(8-9)21(18,19)20/h1-8H,(H2,15,16,17)(H,18,19,20). The van der Waals surface area contributed by atoms with Crippen LogP contribution in [0, 0.1) is 0 Å². The Morgan fingerprint density at radius 2 is 1.76 bits per heavy atom. The van der Waals surface area contributed by atoms with Crippen LogP contribution in [0.4, 0.5) is 16.2 Å². The van der Waals surface area contributed by atoms with Gasteiger partial charge in [0.2, 0.25) is 0 Å². The lowest BCUT2D eigenvalue weighted by Gasteiger charge is -2.09. The first-order chi connectivity index (χ1) is 9.86. The molecule has 0 aromatic heterocycles. The molecule has 0 aliphatic rings. The van der Waals surface area contributed by atoms with Crippen molar-refractivity contribution in [2.45, 2.75) is 4.90 Å². The van der Waals surface area contributed by atoms with Crippen molar-refractivity contribution < 1.29 is 17.8 Å². The summed E-state index contributed by atoms with van der Waals surface area (Å²) in [6.07, 6.45) is 0. The highest BCUT2D eigenvalue weighted by atomic mass is 35.5. The smallest absolute Gasteiger partial charge is 0.308 e. The van der Waals surface area contributed by atoms with Crippen molar-refractivity contribution in [1.29, 1.82) is 0 Å². The van der Waals surface area contributed by atoms with Crippen LogP contribution in [0.15, 0.2) is 53.4 Å². The molecule has 0 aliphatic carbocycles. The second kappa shape index (κ2) is 6.13. The first kappa shape index (κ1) is 15.3. The molecule has 21 heavy (non-hydrogen) atoms. The number of amides is 2. The fourth-order valence-corrected chi connectivity index (χ4v) is 2.29. The van der Waals surface area contributed by atoms with Crippen LogP contribution in [0.3, 0.4) is 0 Å². The molecule has 0 fully saturated rings. The summed E-state index contributed by atoms with van der Waals surface area (Å²) in [5.41, 5.74) is 0.636. The maximum absolute atomic E-state index is 11.8. The van der Waals surface area contributed by atoms with Crippen LogP contribution in [0.25, 0.3) is 0 Å². The van der Waals surface area contributed by atoms with Crippen LogP contribution in [-0.4, -0.2) is 19.0 Å². The molecule has 8 heteroatoms. The van der Waals surface area contributed by atoms with Gasteiger partial charge < -0.3 is 10.6 Å². The van der Waals surface area contributed by atoms with Crippen LogP contribution in [0.2, 0.25) is 5.02 Å². The van der Waals surface area contributed by atoms with E-state index in [1.807, 2.05) is 0 Å². The van der Waals surface area contributed by atoms with E-state index in [1.165, 1.54) is 18.2 Å². The van der Waals surface area contributed by atoms with Gasteiger partial charge in [0, 0.05) is 5.69 Å². The average Bonchev–Trinajstić information content (AvgIpc) is 2.41. The minimum atomic E-state index is -4.32. The molecule has 2 aromatic rings. The third-order valence-electron chi connectivity index (χ3n) is 2.51. The minimum absolute atomic E-state index is 0.217. The zero-order valence-corrected chi connectivity index (χ0v) is 12.1. The molecule has 0 aliphatic heterocycles. The molecular weight excluding hydrogens is 316 g/mol. The molecular formula is C13H11ClN2O4S. The first-order valence-corrected chi connectivity index (χ1v) is 7.58. The number of benzene rings is 2. The highest BCUT2D eigenvalue weighted by Crippen LogP contribution is 2.21. The number of nitrogens with one attached hydrogen (secondary N) is 2. The Kier molecular flexibility index (Phi) is 4.46. The van der Waals surface area contributed by atoms with Crippen molar-refractivity contribution in [3.63, 3.8) is 0 Å². The third-order valence-corrected chi connectivity index (χ3v) is 3.69. The lowest BCUT2D eigenvalue weighted by molar-refractivity contribution is 0.262. The number of halogens is 1. The number of carbonyl (C=O) groups is 1. The Labute approximate surface area is 126 Å². The summed E-state index contributed by atoms with van der Waals surface area (Å²) in [6.45, 7) is 0. The van der Waals surface area contributed by atoms with Crippen molar-refractivity contribution >= 4 is 39.1 Å². The van der Waals surface area contributed by atoms with Gasteiger partial charge in [0.15, 0.2) is 0 Å². The molecule has 0 saturated carbocycles. The SMILES string of the molecule is O=C(Nc1cccc(S(=O)(=O)O)c1)Nc1ccccc1Cl. The molecule has 0 bridgehead atoms. The zero-order chi connectivity index (χ0) is 15.5. The van der Waals surface area contributed by atoms with Gasteiger partial charge in [0.05, 0.1) is 15.6 Å². The van der Waals surface area contributed by atoms with Gasteiger partial charge in [-0.25, -0.2) is 4.79 Å². The Balaban J connectivity index is 2.12. The second-order valence-corrected chi connectivity index (χ2v) is 5.89. The van der Waals surface area contributed by atoms with Crippen LogP contribution in [-0.2, 0) is 10.1 Å². The number of carbonyl (C=O) groups excluding carboxylic acids is 1. The van der Waals surface area contributed by atoms with Crippen LogP contribution in [0.1, 0.15) is 0 Å². The van der Waals surface area contributed by atoms with E-state index < -0.39 is 16.1 Å². The van der Waals surface area contributed by atoms with Crippen molar-refractivity contribution in [3.8, 4) is 0 Å². The number of hydrogen-bond acceptors (Lipinski definition) is 3. The van der Waals surface area contributed by atoms with E-state index in [-0.39, 0.29) is 10.6 Å². The topological polar surface area (TPSA) is 95.5 Å². The lowest BCUT2D eigenvalue weighted by atomic mass is 10.3. The van der Waals surface area contributed by atoms with E-state index in [0.717, 1.165) is 6.07 Å². The summed E-state index contributed by atoms with van der Waals surface area (Å²) in [7, 11) is -4.32. The van der Waals surface area contributed by atoms with E-state index in [1.54, 1.807) is 24.3 Å². The number of urea groups is 1. The Morgan fingerprint density at radius 3 is 2.43 bits per heavy atom. The number of para-hydroxylation sites is 1.